The molecule has 0 aliphatic carbocycles. The molecule has 2 heteroatoms. The third-order valence-corrected chi connectivity index (χ3v) is 2.54. The van der Waals surface area contributed by atoms with Crippen LogP contribution in [0.2, 0.25) is 0 Å². The molecule has 0 amide bonds. The van der Waals surface area contributed by atoms with E-state index >= 15 is 0 Å². The zero-order valence-corrected chi connectivity index (χ0v) is 8.63. The van der Waals surface area contributed by atoms with Gasteiger partial charge in [-0.3, -0.25) is 4.98 Å². The molecule has 0 radical (unpaired) electrons. The molecule has 1 aromatic rings. The van der Waals surface area contributed by atoms with Crippen LogP contribution in [0.3, 0.4) is 0 Å². The summed E-state index contributed by atoms with van der Waals surface area (Å²) >= 11 is 2.25. The van der Waals surface area contributed by atoms with E-state index in [-0.39, 0.29) is 0 Å². The molecule has 1 rings (SSSR count). The molecular weight excluding hydrogens is 249 g/mol. The molecule has 0 spiro atoms. The van der Waals surface area contributed by atoms with E-state index in [1.54, 1.807) is 0 Å². The van der Waals surface area contributed by atoms with Crippen LogP contribution in [0.5, 0.6) is 0 Å². The quantitative estimate of drug-likeness (QED) is 0.587. The minimum absolute atomic E-state index is 1.02. The Hall–Kier alpha value is -0.380. The van der Waals surface area contributed by atoms with E-state index in [9.17, 15) is 0 Å². The smallest absolute Gasteiger partial charge is 0.105 e. The van der Waals surface area contributed by atoms with Crippen molar-refractivity contribution < 1.29 is 0 Å². The van der Waals surface area contributed by atoms with Gasteiger partial charge in [-0.15, -0.1) is 0 Å². The van der Waals surface area contributed by atoms with Gasteiger partial charge in [0, 0.05) is 6.20 Å². The van der Waals surface area contributed by atoms with E-state index in [1.165, 1.54) is 11.1 Å². The summed E-state index contributed by atoms with van der Waals surface area (Å²) in [7, 11) is 0. The Balaban J connectivity index is 3.23. The Kier molecular flexibility index (Phi) is 3.05. The molecule has 58 valence electrons. The highest BCUT2D eigenvalue weighted by molar-refractivity contribution is 14.1. The van der Waals surface area contributed by atoms with Crippen LogP contribution in [0.15, 0.2) is 18.8 Å². The second-order valence-electron chi connectivity index (χ2n) is 2.23. The van der Waals surface area contributed by atoms with Crippen LogP contribution >= 0.6 is 22.6 Å². The summed E-state index contributed by atoms with van der Waals surface area (Å²) in [5.41, 5.74) is 2.50. The largest absolute Gasteiger partial charge is 0.250 e. The van der Waals surface area contributed by atoms with Crippen LogP contribution in [-0.2, 0) is 6.42 Å². The summed E-state index contributed by atoms with van der Waals surface area (Å²) < 4.78 is 1.09. The van der Waals surface area contributed by atoms with Gasteiger partial charge in [-0.05, 0) is 46.2 Å². The van der Waals surface area contributed by atoms with Gasteiger partial charge in [-0.25, -0.2) is 0 Å². The van der Waals surface area contributed by atoms with E-state index in [4.69, 9.17) is 0 Å². The Morgan fingerprint density at radius 3 is 2.91 bits per heavy atom. The molecule has 11 heavy (non-hydrogen) atoms. The fourth-order valence-electron chi connectivity index (χ4n) is 1.02. The Labute approximate surface area is 80.7 Å². The van der Waals surface area contributed by atoms with Crippen molar-refractivity contribution in [1.82, 2.24) is 4.98 Å². The number of pyridine rings is 1. The van der Waals surface area contributed by atoms with Crippen molar-refractivity contribution in [2.75, 3.05) is 0 Å². The first kappa shape index (κ1) is 8.71. The monoisotopic (exact) mass is 259 g/mol. The van der Waals surface area contributed by atoms with Gasteiger partial charge in [0.15, 0.2) is 0 Å². The first-order valence-corrected chi connectivity index (χ1v) is 4.63. The SMILES string of the molecule is C=Cc1ccnc(I)c1CC. The minimum atomic E-state index is 1.02. The predicted molar refractivity (Wildman–Crippen MR) is 56.4 cm³/mol. The van der Waals surface area contributed by atoms with Crippen molar-refractivity contribution in [1.29, 1.82) is 0 Å². The Morgan fingerprint density at radius 1 is 1.73 bits per heavy atom. The lowest BCUT2D eigenvalue weighted by Gasteiger charge is -2.03. The van der Waals surface area contributed by atoms with Crippen LogP contribution < -0.4 is 0 Å². The fraction of sp³-hybridized carbons (Fsp3) is 0.222. The van der Waals surface area contributed by atoms with Crippen molar-refractivity contribution in [2.24, 2.45) is 0 Å². The number of hydrogen-bond acceptors (Lipinski definition) is 1. The maximum Gasteiger partial charge on any atom is 0.105 e. The zero-order chi connectivity index (χ0) is 8.27. The molecule has 1 aromatic heterocycles. The number of aromatic nitrogens is 1. The van der Waals surface area contributed by atoms with Crippen LogP contribution in [-0.4, -0.2) is 4.98 Å². The average molecular weight is 259 g/mol. The molecule has 0 fully saturated rings. The molecule has 0 saturated carbocycles. The highest BCUT2D eigenvalue weighted by atomic mass is 127. The molecular formula is C9H10IN. The summed E-state index contributed by atoms with van der Waals surface area (Å²) in [5.74, 6) is 0. The molecule has 0 bridgehead atoms. The summed E-state index contributed by atoms with van der Waals surface area (Å²) in [6, 6.07) is 1.99. The number of nitrogens with zero attached hydrogens (tertiary/aromatic N) is 1. The summed E-state index contributed by atoms with van der Waals surface area (Å²) in [5, 5.41) is 0. The van der Waals surface area contributed by atoms with Gasteiger partial charge in [0.2, 0.25) is 0 Å². The topological polar surface area (TPSA) is 12.9 Å². The molecule has 0 unspecified atom stereocenters. The summed E-state index contributed by atoms with van der Waals surface area (Å²) in [6.45, 7) is 5.88. The first-order chi connectivity index (χ1) is 5.29. The van der Waals surface area contributed by atoms with Crippen LogP contribution in [0.25, 0.3) is 6.08 Å². The molecule has 0 N–H and O–H groups in total. The van der Waals surface area contributed by atoms with Gasteiger partial charge in [-0.2, -0.15) is 0 Å². The molecule has 0 aliphatic heterocycles. The fourth-order valence-corrected chi connectivity index (χ4v) is 1.88. The molecule has 1 heterocycles. The van der Waals surface area contributed by atoms with Gasteiger partial charge >= 0.3 is 0 Å². The van der Waals surface area contributed by atoms with Crippen molar-refractivity contribution in [2.45, 2.75) is 13.3 Å². The van der Waals surface area contributed by atoms with Crippen LogP contribution in [0, 0.1) is 3.70 Å². The van der Waals surface area contributed by atoms with E-state index < -0.39 is 0 Å². The minimum Gasteiger partial charge on any atom is -0.250 e. The molecule has 0 atom stereocenters. The highest BCUT2D eigenvalue weighted by Gasteiger charge is 2.01. The zero-order valence-electron chi connectivity index (χ0n) is 6.47. The van der Waals surface area contributed by atoms with E-state index in [0.717, 1.165) is 10.1 Å². The van der Waals surface area contributed by atoms with Crippen molar-refractivity contribution in [3.05, 3.63) is 33.7 Å². The Morgan fingerprint density at radius 2 is 2.45 bits per heavy atom. The van der Waals surface area contributed by atoms with Crippen LogP contribution in [0.1, 0.15) is 18.1 Å². The number of halogens is 1. The second kappa shape index (κ2) is 3.85. The van der Waals surface area contributed by atoms with Crippen LogP contribution in [0.4, 0.5) is 0 Å². The van der Waals surface area contributed by atoms with Gasteiger partial charge < -0.3 is 0 Å². The van der Waals surface area contributed by atoms with Crippen molar-refractivity contribution in [3.63, 3.8) is 0 Å². The van der Waals surface area contributed by atoms with Crippen molar-refractivity contribution >= 4 is 28.7 Å². The lowest BCUT2D eigenvalue weighted by molar-refractivity contribution is 1.07. The first-order valence-electron chi connectivity index (χ1n) is 3.55. The molecule has 0 aliphatic rings. The number of rotatable bonds is 2. The van der Waals surface area contributed by atoms with E-state index in [1.807, 2.05) is 18.3 Å². The van der Waals surface area contributed by atoms with Gasteiger partial charge in [0.05, 0.1) is 0 Å². The number of hydrogen-bond donors (Lipinski definition) is 0. The summed E-state index contributed by atoms with van der Waals surface area (Å²) in [6.07, 6.45) is 4.72. The second-order valence-corrected chi connectivity index (χ2v) is 3.25. The third kappa shape index (κ3) is 1.80. The standard InChI is InChI=1S/C9H10IN/c1-3-7-5-6-11-9(10)8(7)4-2/h3,5-6H,1,4H2,2H3. The normalized spacial score (nSPS) is 9.64. The molecule has 1 nitrogen and oxygen atoms in total. The maximum atomic E-state index is 4.20. The van der Waals surface area contributed by atoms with E-state index in [2.05, 4.69) is 41.1 Å². The van der Waals surface area contributed by atoms with Gasteiger partial charge in [0.25, 0.3) is 0 Å². The molecule has 0 saturated heterocycles. The Bertz CT molecular complexity index is 268. The van der Waals surface area contributed by atoms with Gasteiger partial charge in [-0.1, -0.05) is 19.6 Å². The third-order valence-electron chi connectivity index (χ3n) is 1.61. The molecule has 0 aromatic carbocycles. The lowest BCUT2D eigenvalue weighted by atomic mass is 10.1. The van der Waals surface area contributed by atoms with E-state index in [0.29, 0.717) is 0 Å². The van der Waals surface area contributed by atoms with Gasteiger partial charge in [0.1, 0.15) is 3.70 Å². The maximum absolute atomic E-state index is 4.20. The average Bonchev–Trinajstić information content (AvgIpc) is 2.04. The predicted octanol–water partition coefficient (Wildman–Crippen LogP) is 2.89. The summed E-state index contributed by atoms with van der Waals surface area (Å²) in [4.78, 5) is 4.20. The lowest BCUT2D eigenvalue weighted by Crippen LogP contribution is -1.93. The highest BCUT2D eigenvalue weighted by Crippen LogP contribution is 2.15. The van der Waals surface area contributed by atoms with Crippen molar-refractivity contribution in [3.8, 4) is 0 Å².